The minimum Gasteiger partial charge on any atom is -0.462 e. The maximum Gasteiger partial charge on any atom is 0.302 e. The van der Waals surface area contributed by atoms with Crippen LogP contribution in [0.25, 0.3) is 0 Å². The Morgan fingerprint density at radius 3 is 2.56 bits per heavy atom. The van der Waals surface area contributed by atoms with Crippen molar-refractivity contribution in [1.82, 2.24) is 0 Å². The highest BCUT2D eigenvalue weighted by atomic mass is 16.5. The summed E-state index contributed by atoms with van der Waals surface area (Å²) in [7, 11) is 0. The third-order valence-electron chi connectivity index (χ3n) is 3.94. The Morgan fingerprint density at radius 2 is 1.94 bits per heavy atom. The maximum atomic E-state index is 11.8. The summed E-state index contributed by atoms with van der Waals surface area (Å²) in [4.78, 5) is 22.8. The number of Topliss-reactive ketones (excluding diaryl/α,β-unsaturated/α-hetero) is 1. The Labute approximate surface area is 96.5 Å². The van der Waals surface area contributed by atoms with Gasteiger partial charge in [-0.1, -0.05) is 6.42 Å². The highest BCUT2D eigenvalue weighted by Crippen LogP contribution is 2.38. The predicted octanol–water partition coefficient (Wildman–Crippen LogP) is 2.48. The first-order chi connectivity index (χ1) is 7.68. The van der Waals surface area contributed by atoms with Crippen molar-refractivity contribution in [2.24, 2.45) is 11.8 Å². The van der Waals surface area contributed by atoms with Crippen LogP contribution in [0.15, 0.2) is 0 Å². The molecule has 0 aromatic carbocycles. The second-order valence-electron chi connectivity index (χ2n) is 5.06. The topological polar surface area (TPSA) is 43.4 Å². The van der Waals surface area contributed by atoms with Crippen molar-refractivity contribution in [3.8, 4) is 0 Å². The van der Waals surface area contributed by atoms with Crippen molar-refractivity contribution < 1.29 is 14.3 Å². The molecule has 0 aromatic rings. The van der Waals surface area contributed by atoms with E-state index in [0.717, 1.165) is 38.5 Å². The molecular weight excluding hydrogens is 204 g/mol. The van der Waals surface area contributed by atoms with E-state index in [0.29, 0.717) is 11.7 Å². The third kappa shape index (κ3) is 2.45. The fraction of sp³-hybridized carbons (Fsp3) is 0.846. The fourth-order valence-corrected chi connectivity index (χ4v) is 3.24. The van der Waals surface area contributed by atoms with E-state index in [4.69, 9.17) is 4.74 Å². The number of hydrogen-bond donors (Lipinski definition) is 0. The molecule has 2 aliphatic carbocycles. The van der Waals surface area contributed by atoms with Crippen LogP contribution in [0.3, 0.4) is 0 Å². The molecule has 0 saturated heterocycles. The smallest absolute Gasteiger partial charge is 0.302 e. The number of carbonyl (C=O) groups excluding carboxylic acids is 2. The second-order valence-corrected chi connectivity index (χ2v) is 5.06. The quantitative estimate of drug-likeness (QED) is 0.677. The standard InChI is InChI=1S/C13H20O3/c1-9(14)16-13-8-3-2-5-11(13)10-6-4-7-12(10)15/h10-11,13H,2-8H2,1H3/t10-,11+,13-/m0/s1. The molecule has 0 amide bonds. The van der Waals surface area contributed by atoms with Crippen LogP contribution in [-0.2, 0) is 14.3 Å². The van der Waals surface area contributed by atoms with Crippen molar-refractivity contribution in [1.29, 1.82) is 0 Å². The maximum absolute atomic E-state index is 11.8. The molecule has 0 spiro atoms. The Kier molecular flexibility index (Phi) is 3.62. The van der Waals surface area contributed by atoms with Crippen LogP contribution >= 0.6 is 0 Å². The molecule has 0 bridgehead atoms. The van der Waals surface area contributed by atoms with Crippen molar-refractivity contribution in [3.05, 3.63) is 0 Å². The monoisotopic (exact) mass is 224 g/mol. The van der Waals surface area contributed by atoms with E-state index in [1.807, 2.05) is 0 Å². The molecule has 0 radical (unpaired) electrons. The lowest BCUT2D eigenvalue weighted by Gasteiger charge is -2.34. The van der Waals surface area contributed by atoms with Gasteiger partial charge in [-0.25, -0.2) is 0 Å². The van der Waals surface area contributed by atoms with Crippen molar-refractivity contribution in [2.45, 2.75) is 58.0 Å². The summed E-state index contributed by atoms with van der Waals surface area (Å²) in [6, 6.07) is 0. The number of rotatable bonds is 2. The highest BCUT2D eigenvalue weighted by molar-refractivity contribution is 5.83. The summed E-state index contributed by atoms with van der Waals surface area (Å²) < 4.78 is 5.37. The number of esters is 1. The summed E-state index contributed by atoms with van der Waals surface area (Å²) in [5.41, 5.74) is 0. The Hall–Kier alpha value is -0.860. The molecule has 90 valence electrons. The largest absolute Gasteiger partial charge is 0.462 e. The summed E-state index contributed by atoms with van der Waals surface area (Å²) >= 11 is 0. The van der Waals surface area contributed by atoms with Gasteiger partial charge in [0.15, 0.2) is 0 Å². The van der Waals surface area contributed by atoms with Crippen molar-refractivity contribution >= 4 is 11.8 Å². The first kappa shape index (κ1) is 11.6. The molecule has 3 nitrogen and oxygen atoms in total. The molecule has 2 saturated carbocycles. The molecule has 2 rings (SSSR count). The Bertz CT molecular complexity index is 285. The zero-order valence-corrected chi connectivity index (χ0v) is 9.91. The van der Waals surface area contributed by atoms with E-state index < -0.39 is 0 Å². The third-order valence-corrected chi connectivity index (χ3v) is 3.94. The van der Waals surface area contributed by atoms with E-state index in [9.17, 15) is 9.59 Å². The van der Waals surface area contributed by atoms with Crippen LogP contribution in [0.1, 0.15) is 51.9 Å². The molecule has 2 aliphatic rings. The molecule has 0 aliphatic heterocycles. The van der Waals surface area contributed by atoms with Crippen LogP contribution in [0.2, 0.25) is 0 Å². The van der Waals surface area contributed by atoms with E-state index in [1.54, 1.807) is 0 Å². The molecule has 0 aromatic heterocycles. The van der Waals surface area contributed by atoms with Gasteiger partial charge in [0.2, 0.25) is 0 Å². The van der Waals surface area contributed by atoms with Gasteiger partial charge in [-0.3, -0.25) is 9.59 Å². The molecular formula is C13H20O3. The average molecular weight is 224 g/mol. The van der Waals surface area contributed by atoms with Gasteiger partial charge >= 0.3 is 5.97 Å². The molecule has 0 N–H and O–H groups in total. The zero-order valence-electron chi connectivity index (χ0n) is 9.91. The second kappa shape index (κ2) is 4.98. The summed E-state index contributed by atoms with van der Waals surface area (Å²) in [5, 5.41) is 0. The minimum atomic E-state index is -0.206. The lowest BCUT2D eigenvalue weighted by molar-refractivity contribution is -0.153. The predicted molar refractivity (Wildman–Crippen MR) is 59.9 cm³/mol. The fourth-order valence-electron chi connectivity index (χ4n) is 3.24. The van der Waals surface area contributed by atoms with Crippen LogP contribution in [0.4, 0.5) is 0 Å². The summed E-state index contributed by atoms with van der Waals surface area (Å²) in [6.45, 7) is 1.46. The van der Waals surface area contributed by atoms with Crippen LogP contribution in [0.5, 0.6) is 0 Å². The highest BCUT2D eigenvalue weighted by Gasteiger charge is 2.39. The van der Waals surface area contributed by atoms with E-state index in [-0.39, 0.29) is 18.0 Å². The van der Waals surface area contributed by atoms with Crippen molar-refractivity contribution in [3.63, 3.8) is 0 Å². The molecule has 0 heterocycles. The van der Waals surface area contributed by atoms with E-state index in [2.05, 4.69) is 0 Å². The minimum absolute atomic E-state index is 0.00157. The van der Waals surface area contributed by atoms with Gasteiger partial charge < -0.3 is 4.74 Å². The number of ether oxygens (including phenoxy) is 1. The average Bonchev–Trinajstić information content (AvgIpc) is 2.64. The van der Waals surface area contributed by atoms with Gasteiger partial charge in [0.1, 0.15) is 11.9 Å². The molecule has 2 fully saturated rings. The normalized spacial score (nSPS) is 35.1. The van der Waals surface area contributed by atoms with E-state index >= 15 is 0 Å². The lowest BCUT2D eigenvalue weighted by atomic mass is 9.76. The van der Waals surface area contributed by atoms with Gasteiger partial charge in [0.25, 0.3) is 0 Å². The molecule has 0 unspecified atom stereocenters. The Morgan fingerprint density at radius 1 is 1.19 bits per heavy atom. The first-order valence-corrected chi connectivity index (χ1v) is 6.38. The van der Waals surface area contributed by atoms with Crippen molar-refractivity contribution in [2.75, 3.05) is 0 Å². The van der Waals surface area contributed by atoms with Gasteiger partial charge in [0.05, 0.1) is 0 Å². The van der Waals surface area contributed by atoms with Gasteiger partial charge in [-0.15, -0.1) is 0 Å². The van der Waals surface area contributed by atoms with Gasteiger partial charge in [-0.05, 0) is 32.1 Å². The number of ketones is 1. The zero-order chi connectivity index (χ0) is 11.5. The van der Waals surface area contributed by atoms with E-state index in [1.165, 1.54) is 13.3 Å². The lowest BCUT2D eigenvalue weighted by Crippen LogP contribution is -2.36. The van der Waals surface area contributed by atoms with Crippen LogP contribution < -0.4 is 0 Å². The van der Waals surface area contributed by atoms with Gasteiger partial charge in [-0.2, -0.15) is 0 Å². The van der Waals surface area contributed by atoms with Crippen LogP contribution in [-0.4, -0.2) is 17.9 Å². The molecule has 16 heavy (non-hydrogen) atoms. The van der Waals surface area contributed by atoms with Crippen LogP contribution in [0, 0.1) is 11.8 Å². The SMILES string of the molecule is CC(=O)O[C@H]1CCCC[C@@H]1[C@@H]1CCCC1=O. The number of carbonyl (C=O) groups is 2. The van der Waals surface area contributed by atoms with Gasteiger partial charge in [0, 0.05) is 25.2 Å². The summed E-state index contributed by atoms with van der Waals surface area (Å²) in [6.07, 6.45) is 7.03. The Balaban J connectivity index is 2.03. The number of hydrogen-bond acceptors (Lipinski definition) is 3. The molecule has 3 atom stereocenters. The first-order valence-electron chi connectivity index (χ1n) is 6.38. The molecule has 3 heteroatoms. The summed E-state index contributed by atoms with van der Waals surface area (Å²) in [5.74, 6) is 0.656.